The van der Waals surface area contributed by atoms with Crippen LogP contribution >= 0.6 is 0 Å². The van der Waals surface area contributed by atoms with E-state index in [4.69, 9.17) is 4.74 Å². The van der Waals surface area contributed by atoms with Crippen molar-refractivity contribution >= 4 is 11.9 Å². The Bertz CT molecular complexity index is 1320. The van der Waals surface area contributed by atoms with Crippen LogP contribution in [0.1, 0.15) is 438 Å². The highest BCUT2D eigenvalue weighted by atomic mass is 16.5. The summed E-state index contributed by atoms with van der Waals surface area (Å²) >= 11 is 0. The zero-order valence-electron chi connectivity index (χ0n) is 57.2. The number of carbonyl (C=O) groups excluding carboxylic acids is 2. The van der Waals surface area contributed by atoms with Crippen LogP contribution in [0.5, 0.6) is 0 Å². The lowest BCUT2D eigenvalue weighted by Crippen LogP contribution is -2.45. The molecule has 1 amide bonds. The van der Waals surface area contributed by atoms with Crippen molar-refractivity contribution in [2.24, 2.45) is 0 Å². The molecule has 498 valence electrons. The molecule has 0 aromatic rings. The van der Waals surface area contributed by atoms with E-state index in [0.29, 0.717) is 25.9 Å². The predicted octanol–water partition coefficient (Wildman–Crippen LogP) is 25.3. The first kappa shape index (κ1) is 82.3. The quantitative estimate of drug-likeness (QED) is 0.0320. The fraction of sp³-hybridized carbons (Fsp3) is 0.923. The van der Waals surface area contributed by atoms with Gasteiger partial charge in [-0.25, -0.2) is 0 Å². The number of carbonyl (C=O) groups is 2. The number of hydrogen-bond acceptors (Lipinski definition) is 5. The molecule has 3 N–H and O–H groups in total. The van der Waals surface area contributed by atoms with Crippen LogP contribution in [0.3, 0.4) is 0 Å². The Kier molecular flexibility index (Phi) is 72.3. The van der Waals surface area contributed by atoms with Gasteiger partial charge in [0.1, 0.15) is 0 Å². The van der Waals surface area contributed by atoms with Gasteiger partial charge in [0.05, 0.1) is 25.4 Å². The molecule has 6 heteroatoms. The van der Waals surface area contributed by atoms with Crippen LogP contribution < -0.4 is 5.32 Å². The number of hydrogen-bond donors (Lipinski definition) is 3. The summed E-state index contributed by atoms with van der Waals surface area (Å²) in [5, 5.41) is 23.3. The fourth-order valence-corrected chi connectivity index (χ4v) is 12.3. The summed E-state index contributed by atoms with van der Waals surface area (Å²) in [5.74, 6) is -0.00970. The molecule has 0 bridgehead atoms. The molecule has 0 aliphatic heterocycles. The van der Waals surface area contributed by atoms with Crippen molar-refractivity contribution in [1.29, 1.82) is 0 Å². The first-order valence-corrected chi connectivity index (χ1v) is 38.6. The van der Waals surface area contributed by atoms with Crippen LogP contribution in [0.4, 0.5) is 0 Å². The molecule has 0 saturated carbocycles. The maximum Gasteiger partial charge on any atom is 0.305 e. The van der Waals surface area contributed by atoms with Gasteiger partial charge < -0.3 is 20.3 Å². The molecule has 0 aromatic heterocycles. The largest absolute Gasteiger partial charge is 0.466 e. The third-order valence-electron chi connectivity index (χ3n) is 18.2. The monoisotopic (exact) mass is 1180 g/mol. The highest BCUT2D eigenvalue weighted by Gasteiger charge is 2.20. The lowest BCUT2D eigenvalue weighted by Gasteiger charge is -2.22. The van der Waals surface area contributed by atoms with E-state index in [1.807, 2.05) is 0 Å². The van der Waals surface area contributed by atoms with Gasteiger partial charge in [0.25, 0.3) is 0 Å². The van der Waals surface area contributed by atoms with Crippen LogP contribution in [-0.2, 0) is 14.3 Å². The zero-order valence-corrected chi connectivity index (χ0v) is 57.2. The van der Waals surface area contributed by atoms with Crippen LogP contribution in [0.25, 0.3) is 0 Å². The Morgan fingerprint density at radius 1 is 0.321 bits per heavy atom. The van der Waals surface area contributed by atoms with Crippen molar-refractivity contribution in [1.82, 2.24) is 5.32 Å². The van der Waals surface area contributed by atoms with Gasteiger partial charge in [0.15, 0.2) is 0 Å². The molecule has 84 heavy (non-hydrogen) atoms. The van der Waals surface area contributed by atoms with Crippen LogP contribution in [-0.4, -0.2) is 47.4 Å². The van der Waals surface area contributed by atoms with Gasteiger partial charge in [-0.05, 0) is 77.0 Å². The minimum absolute atomic E-state index is 0.0193. The number of nitrogens with one attached hydrogen (secondary N) is 1. The Hall–Kier alpha value is -1.66. The lowest BCUT2D eigenvalue weighted by molar-refractivity contribution is -0.143. The molecule has 0 aromatic carbocycles. The summed E-state index contributed by atoms with van der Waals surface area (Å²) in [6.45, 7) is 4.98. The first-order valence-electron chi connectivity index (χ1n) is 38.6. The van der Waals surface area contributed by atoms with Gasteiger partial charge in [-0.3, -0.25) is 9.59 Å². The maximum absolute atomic E-state index is 12.5. The summed E-state index contributed by atoms with van der Waals surface area (Å²) in [6.07, 6.45) is 94.2. The number of aliphatic hydroxyl groups excluding tert-OH is 2. The van der Waals surface area contributed by atoms with Crippen molar-refractivity contribution in [3.8, 4) is 0 Å². The van der Waals surface area contributed by atoms with Crippen molar-refractivity contribution in [3.63, 3.8) is 0 Å². The number of aliphatic hydroxyl groups is 2. The van der Waals surface area contributed by atoms with Crippen LogP contribution in [0.15, 0.2) is 24.3 Å². The minimum atomic E-state index is -0.660. The number of rotatable bonds is 73. The number of esters is 1. The Labute approximate surface area is 526 Å². The van der Waals surface area contributed by atoms with Crippen LogP contribution in [0.2, 0.25) is 0 Å². The topological polar surface area (TPSA) is 95.9 Å². The SMILES string of the molecule is CCCCCCCCC/C=C\CCCCCCCCCC(=O)OCCCCCCCCCCCCCCCCCC/C=C\CCCCCCCCCCCCCCCCCCCC(=O)NC(CO)C(O)CCCCCCCCCCCCCC. The summed E-state index contributed by atoms with van der Waals surface area (Å²) in [7, 11) is 0. The molecular weight excluding hydrogens is 1030 g/mol. The van der Waals surface area contributed by atoms with E-state index in [1.54, 1.807) is 0 Å². The molecule has 0 spiro atoms. The molecule has 0 saturated heterocycles. The molecule has 0 aliphatic carbocycles. The van der Waals surface area contributed by atoms with E-state index in [0.717, 1.165) is 38.5 Å². The van der Waals surface area contributed by atoms with E-state index in [-0.39, 0.29) is 18.5 Å². The smallest absolute Gasteiger partial charge is 0.305 e. The standard InChI is InChI=1S/C78H151NO5/c1-3-5-7-9-11-13-15-17-18-19-42-45-48-52-56-60-64-68-72-78(83)84-73-69-65-61-57-53-49-46-43-40-38-36-34-32-30-28-26-24-22-20-21-23-25-27-29-31-33-35-37-39-41-44-47-51-55-59-63-67-71-77(82)79-75(74-80)76(81)70-66-62-58-54-50-16-14-12-10-8-6-4-2/h18-20,22,75-76,80-81H,3-17,21,23-74H2,1-2H3,(H,79,82)/b19-18-,22-20-. The van der Waals surface area contributed by atoms with Crippen molar-refractivity contribution in [2.45, 2.75) is 450 Å². The van der Waals surface area contributed by atoms with E-state index >= 15 is 0 Å². The zero-order chi connectivity index (χ0) is 60.6. The van der Waals surface area contributed by atoms with Crippen molar-refractivity contribution < 1.29 is 24.5 Å². The van der Waals surface area contributed by atoms with Crippen LogP contribution in [0, 0.1) is 0 Å². The Morgan fingerprint density at radius 3 is 0.845 bits per heavy atom. The molecule has 6 nitrogen and oxygen atoms in total. The molecule has 0 rings (SSSR count). The summed E-state index contributed by atoms with van der Waals surface area (Å²) in [5.41, 5.74) is 0. The van der Waals surface area contributed by atoms with Crippen molar-refractivity contribution in [3.05, 3.63) is 24.3 Å². The van der Waals surface area contributed by atoms with Crippen molar-refractivity contribution in [2.75, 3.05) is 13.2 Å². The third-order valence-corrected chi connectivity index (χ3v) is 18.2. The van der Waals surface area contributed by atoms with Gasteiger partial charge in [-0.15, -0.1) is 0 Å². The fourth-order valence-electron chi connectivity index (χ4n) is 12.3. The Balaban J connectivity index is 3.30. The van der Waals surface area contributed by atoms with E-state index in [2.05, 4.69) is 43.5 Å². The molecule has 2 unspecified atom stereocenters. The third kappa shape index (κ3) is 69.4. The number of allylic oxidation sites excluding steroid dienone is 4. The normalized spacial score (nSPS) is 12.6. The number of ether oxygens (including phenoxy) is 1. The number of unbranched alkanes of at least 4 members (excludes halogenated alkanes) is 58. The maximum atomic E-state index is 12.5. The molecule has 0 radical (unpaired) electrons. The lowest BCUT2D eigenvalue weighted by atomic mass is 10.0. The highest BCUT2D eigenvalue weighted by Crippen LogP contribution is 2.19. The molecule has 0 aliphatic rings. The first-order chi connectivity index (χ1) is 41.5. The average Bonchev–Trinajstić information content (AvgIpc) is 3.51. The summed E-state index contributed by atoms with van der Waals surface area (Å²) in [6, 6.07) is -0.537. The van der Waals surface area contributed by atoms with E-state index in [9.17, 15) is 19.8 Å². The summed E-state index contributed by atoms with van der Waals surface area (Å²) < 4.78 is 5.51. The molecule has 0 heterocycles. The van der Waals surface area contributed by atoms with E-state index in [1.165, 1.54) is 366 Å². The highest BCUT2D eigenvalue weighted by molar-refractivity contribution is 5.76. The minimum Gasteiger partial charge on any atom is -0.466 e. The number of amides is 1. The van der Waals surface area contributed by atoms with Gasteiger partial charge >= 0.3 is 5.97 Å². The molecule has 0 fully saturated rings. The van der Waals surface area contributed by atoms with Gasteiger partial charge in [-0.1, -0.05) is 372 Å². The van der Waals surface area contributed by atoms with Gasteiger partial charge in [0.2, 0.25) is 5.91 Å². The van der Waals surface area contributed by atoms with Gasteiger partial charge in [-0.2, -0.15) is 0 Å². The summed E-state index contributed by atoms with van der Waals surface area (Å²) in [4.78, 5) is 24.6. The van der Waals surface area contributed by atoms with E-state index < -0.39 is 12.1 Å². The molecule has 2 atom stereocenters. The molecular formula is C78H151NO5. The average molecular weight is 1180 g/mol. The second-order valence-electron chi connectivity index (χ2n) is 26.7. The second kappa shape index (κ2) is 73.8. The van der Waals surface area contributed by atoms with Gasteiger partial charge in [0, 0.05) is 12.8 Å². The second-order valence-corrected chi connectivity index (χ2v) is 26.7. The Morgan fingerprint density at radius 2 is 0.560 bits per heavy atom. The predicted molar refractivity (Wildman–Crippen MR) is 370 cm³/mol.